The molecule has 0 spiro atoms. The average Bonchev–Trinajstić information content (AvgIpc) is 3.07. The lowest BCUT2D eigenvalue weighted by molar-refractivity contribution is -0.144. The number of carbonyl (C=O) groups is 2. The Hall–Kier alpha value is -1.14. The first-order valence-electron chi connectivity index (χ1n) is 7.87. The van der Waals surface area contributed by atoms with Gasteiger partial charge in [0, 0.05) is 31.5 Å². The number of rotatable bonds is 2. The minimum absolute atomic E-state index is 0.0684. The van der Waals surface area contributed by atoms with Crippen molar-refractivity contribution in [3.8, 4) is 0 Å². The smallest absolute Gasteiger partial charge is 0.307 e. The molecule has 3 aliphatic heterocycles. The summed E-state index contributed by atoms with van der Waals surface area (Å²) < 4.78 is 11.2. The highest BCUT2D eigenvalue weighted by Crippen LogP contribution is 2.52. The van der Waals surface area contributed by atoms with E-state index in [0.29, 0.717) is 38.8 Å². The van der Waals surface area contributed by atoms with Crippen molar-refractivity contribution >= 4 is 11.9 Å². The number of carboxylic acids is 1. The summed E-state index contributed by atoms with van der Waals surface area (Å²) in [7, 11) is 0. The van der Waals surface area contributed by atoms with Crippen LogP contribution in [0.2, 0.25) is 0 Å². The van der Waals surface area contributed by atoms with E-state index in [1.807, 2.05) is 4.90 Å². The summed E-state index contributed by atoms with van der Waals surface area (Å²) in [6.07, 6.45) is 1.37. The molecule has 1 N–H and O–H groups in total. The maximum absolute atomic E-state index is 12.7. The van der Waals surface area contributed by atoms with Crippen molar-refractivity contribution in [2.75, 3.05) is 32.9 Å². The highest BCUT2D eigenvalue weighted by molar-refractivity contribution is 5.82. The lowest BCUT2D eigenvalue weighted by Crippen LogP contribution is -2.46. The van der Waals surface area contributed by atoms with Crippen LogP contribution in [-0.2, 0) is 19.1 Å². The van der Waals surface area contributed by atoms with Gasteiger partial charge in [-0.15, -0.1) is 0 Å². The molecule has 4 aliphatic rings. The molecule has 0 aromatic heterocycles. The number of nitrogens with zero attached hydrogens (tertiary/aromatic N) is 1. The third-order valence-electron chi connectivity index (χ3n) is 5.75. The highest BCUT2D eigenvalue weighted by atomic mass is 16.5. The first-order valence-corrected chi connectivity index (χ1v) is 7.87. The van der Waals surface area contributed by atoms with Crippen molar-refractivity contribution < 1.29 is 24.2 Å². The zero-order chi connectivity index (χ0) is 14.6. The minimum atomic E-state index is -0.707. The van der Waals surface area contributed by atoms with Gasteiger partial charge in [0.1, 0.15) is 6.10 Å². The number of aliphatic carboxylic acids is 1. The van der Waals surface area contributed by atoms with E-state index in [1.165, 1.54) is 0 Å². The molecular weight excluding hydrogens is 274 g/mol. The lowest BCUT2D eigenvalue weighted by atomic mass is 9.86. The Balaban J connectivity index is 1.41. The van der Waals surface area contributed by atoms with Crippen LogP contribution in [0.4, 0.5) is 0 Å². The highest BCUT2D eigenvalue weighted by Gasteiger charge is 2.58. The Morgan fingerprint density at radius 1 is 1.10 bits per heavy atom. The van der Waals surface area contributed by atoms with E-state index >= 15 is 0 Å². The molecule has 4 fully saturated rings. The first-order chi connectivity index (χ1) is 10.2. The summed E-state index contributed by atoms with van der Waals surface area (Å²) in [4.78, 5) is 25.7. The Labute approximate surface area is 123 Å². The molecule has 6 heteroatoms. The maximum atomic E-state index is 12.7. The summed E-state index contributed by atoms with van der Waals surface area (Å²) in [5.74, 6) is 0.193. The Morgan fingerprint density at radius 3 is 2.76 bits per heavy atom. The average molecular weight is 295 g/mol. The molecule has 0 unspecified atom stereocenters. The first kappa shape index (κ1) is 13.5. The SMILES string of the molecule is O=C(O)[C@@H]1[C@@H]2CCN(C(=O)[C@@H]3OC[C@@H]4COCC[C@@H]43)C[C@@H]21. The number of carboxylic acid groups (broad SMARTS) is 1. The van der Waals surface area contributed by atoms with Crippen molar-refractivity contribution in [3.05, 3.63) is 0 Å². The molecule has 1 saturated carbocycles. The van der Waals surface area contributed by atoms with Crippen LogP contribution in [0, 0.1) is 29.6 Å². The normalized spacial score (nSPS) is 44.9. The van der Waals surface area contributed by atoms with Crippen molar-refractivity contribution in [3.63, 3.8) is 0 Å². The molecular formula is C15H21NO5. The largest absolute Gasteiger partial charge is 0.481 e. The second kappa shape index (κ2) is 4.95. The van der Waals surface area contributed by atoms with E-state index in [-0.39, 0.29) is 35.7 Å². The fourth-order valence-electron chi connectivity index (χ4n) is 4.47. The van der Waals surface area contributed by atoms with Crippen LogP contribution >= 0.6 is 0 Å². The summed E-state index contributed by atoms with van der Waals surface area (Å²) in [5.41, 5.74) is 0. The molecule has 0 radical (unpaired) electrons. The Kier molecular flexibility index (Phi) is 3.19. The van der Waals surface area contributed by atoms with Gasteiger partial charge in [-0.05, 0) is 24.7 Å². The molecule has 3 saturated heterocycles. The van der Waals surface area contributed by atoms with Crippen molar-refractivity contribution in [2.24, 2.45) is 29.6 Å². The van der Waals surface area contributed by atoms with Crippen LogP contribution in [0.1, 0.15) is 12.8 Å². The topological polar surface area (TPSA) is 76.1 Å². The van der Waals surface area contributed by atoms with Gasteiger partial charge in [-0.25, -0.2) is 0 Å². The van der Waals surface area contributed by atoms with E-state index in [0.717, 1.165) is 12.8 Å². The zero-order valence-electron chi connectivity index (χ0n) is 11.9. The van der Waals surface area contributed by atoms with E-state index in [1.54, 1.807) is 0 Å². The molecule has 6 atom stereocenters. The second-order valence-electron chi connectivity index (χ2n) is 6.81. The molecule has 0 aromatic rings. The minimum Gasteiger partial charge on any atom is -0.481 e. The molecule has 1 amide bonds. The van der Waals surface area contributed by atoms with Crippen LogP contribution < -0.4 is 0 Å². The van der Waals surface area contributed by atoms with E-state index in [4.69, 9.17) is 14.6 Å². The molecule has 1 aliphatic carbocycles. The lowest BCUT2D eigenvalue weighted by Gasteiger charge is -2.32. The van der Waals surface area contributed by atoms with E-state index < -0.39 is 5.97 Å². The number of likely N-dealkylation sites (tertiary alicyclic amines) is 1. The van der Waals surface area contributed by atoms with Gasteiger partial charge in [0.25, 0.3) is 5.91 Å². The van der Waals surface area contributed by atoms with Crippen molar-refractivity contribution in [1.82, 2.24) is 4.90 Å². The van der Waals surface area contributed by atoms with Gasteiger partial charge in [0.05, 0.1) is 19.1 Å². The van der Waals surface area contributed by atoms with Crippen molar-refractivity contribution in [1.29, 1.82) is 0 Å². The molecule has 21 heavy (non-hydrogen) atoms. The molecule has 116 valence electrons. The molecule has 6 nitrogen and oxygen atoms in total. The van der Waals surface area contributed by atoms with Crippen LogP contribution in [0.25, 0.3) is 0 Å². The molecule has 0 aromatic carbocycles. The van der Waals surface area contributed by atoms with Gasteiger partial charge >= 0.3 is 5.97 Å². The van der Waals surface area contributed by atoms with Crippen molar-refractivity contribution in [2.45, 2.75) is 18.9 Å². The number of hydrogen-bond acceptors (Lipinski definition) is 4. The number of piperidine rings is 1. The number of hydrogen-bond donors (Lipinski definition) is 1. The Morgan fingerprint density at radius 2 is 1.95 bits per heavy atom. The number of amides is 1. The maximum Gasteiger partial charge on any atom is 0.307 e. The summed E-state index contributed by atoms with van der Waals surface area (Å²) >= 11 is 0. The fourth-order valence-corrected chi connectivity index (χ4v) is 4.47. The van der Waals surface area contributed by atoms with Gasteiger partial charge in [-0.2, -0.15) is 0 Å². The summed E-state index contributed by atoms with van der Waals surface area (Å²) in [6.45, 7) is 3.28. The summed E-state index contributed by atoms with van der Waals surface area (Å²) in [6, 6.07) is 0. The Bertz CT molecular complexity index is 467. The van der Waals surface area contributed by atoms with Gasteiger partial charge in [-0.3, -0.25) is 9.59 Å². The zero-order valence-corrected chi connectivity index (χ0v) is 11.9. The fraction of sp³-hybridized carbons (Fsp3) is 0.867. The van der Waals surface area contributed by atoms with Gasteiger partial charge in [-0.1, -0.05) is 0 Å². The number of fused-ring (bicyclic) bond motifs is 2. The molecule has 0 bridgehead atoms. The van der Waals surface area contributed by atoms with Gasteiger partial charge < -0.3 is 19.5 Å². The third-order valence-corrected chi connectivity index (χ3v) is 5.75. The predicted octanol–water partition coefficient (Wildman–Crippen LogP) is 0.217. The third kappa shape index (κ3) is 2.16. The van der Waals surface area contributed by atoms with Crippen LogP contribution in [0.3, 0.4) is 0 Å². The van der Waals surface area contributed by atoms with E-state index in [9.17, 15) is 9.59 Å². The number of ether oxygens (including phenoxy) is 2. The van der Waals surface area contributed by atoms with Gasteiger partial charge in [0.2, 0.25) is 0 Å². The summed E-state index contributed by atoms with van der Waals surface area (Å²) in [5, 5.41) is 9.13. The monoisotopic (exact) mass is 295 g/mol. The van der Waals surface area contributed by atoms with Crippen LogP contribution in [-0.4, -0.2) is 60.9 Å². The predicted molar refractivity (Wildman–Crippen MR) is 71.5 cm³/mol. The molecule has 3 heterocycles. The van der Waals surface area contributed by atoms with Crippen LogP contribution in [0.5, 0.6) is 0 Å². The number of carbonyl (C=O) groups excluding carboxylic acids is 1. The second-order valence-corrected chi connectivity index (χ2v) is 6.81. The van der Waals surface area contributed by atoms with Crippen LogP contribution in [0.15, 0.2) is 0 Å². The standard InChI is InChI=1S/C15H21NO5/c17-14(13-9-2-4-20-6-8(9)7-21-13)16-3-1-10-11(5-16)12(10)15(18)19/h8-13H,1-7H2,(H,18,19)/t8-,9-,10+,11-,12+,13+/m0/s1. The quantitative estimate of drug-likeness (QED) is 0.788. The van der Waals surface area contributed by atoms with Gasteiger partial charge in [0.15, 0.2) is 0 Å². The van der Waals surface area contributed by atoms with E-state index in [2.05, 4.69) is 0 Å². The molecule has 4 rings (SSSR count).